The molecule has 0 spiro atoms. The van der Waals surface area contributed by atoms with E-state index in [0.29, 0.717) is 17.5 Å². The third-order valence-electron chi connectivity index (χ3n) is 4.76. The standard InChI is InChI=1S/C21H27N3O3/c1-3-7-16-10-11-18(19(14-16)26-2)27-15-21(25)23-20-12-13-22-24(20)17-8-5-4-6-9-17/h3,7,10-14,17H,4-6,8-9,15H2,1-2H3,(H,23,25)/b7-3+. The van der Waals surface area contributed by atoms with Gasteiger partial charge in [-0.1, -0.05) is 37.5 Å². The Hall–Kier alpha value is -2.76. The Labute approximate surface area is 160 Å². The number of carbonyl (C=O) groups excluding carboxylic acids is 1. The van der Waals surface area contributed by atoms with Crippen molar-refractivity contribution in [3.63, 3.8) is 0 Å². The van der Waals surface area contributed by atoms with Gasteiger partial charge in [-0.2, -0.15) is 5.10 Å². The number of amides is 1. The third kappa shape index (κ3) is 4.90. The number of rotatable bonds is 7. The zero-order chi connectivity index (χ0) is 19.1. The molecular weight excluding hydrogens is 342 g/mol. The Balaban J connectivity index is 1.60. The fourth-order valence-electron chi connectivity index (χ4n) is 3.45. The Morgan fingerprint density at radius 2 is 2.07 bits per heavy atom. The van der Waals surface area contributed by atoms with E-state index >= 15 is 0 Å². The summed E-state index contributed by atoms with van der Waals surface area (Å²) in [7, 11) is 1.59. The molecule has 1 aliphatic rings. The van der Waals surface area contributed by atoms with Gasteiger partial charge in [0.2, 0.25) is 0 Å². The van der Waals surface area contributed by atoms with Crippen LogP contribution >= 0.6 is 0 Å². The first-order chi connectivity index (χ1) is 13.2. The van der Waals surface area contributed by atoms with Crippen molar-refractivity contribution in [2.45, 2.75) is 45.1 Å². The second-order valence-electron chi connectivity index (χ2n) is 6.70. The molecule has 1 amide bonds. The highest BCUT2D eigenvalue weighted by Crippen LogP contribution is 2.30. The largest absolute Gasteiger partial charge is 0.493 e. The number of hydrogen-bond donors (Lipinski definition) is 1. The molecule has 6 heteroatoms. The van der Waals surface area contributed by atoms with Gasteiger partial charge in [-0.15, -0.1) is 0 Å². The number of nitrogens with one attached hydrogen (secondary N) is 1. The number of allylic oxidation sites excluding steroid dienone is 1. The number of ether oxygens (including phenoxy) is 2. The summed E-state index contributed by atoms with van der Waals surface area (Å²) in [5.41, 5.74) is 1.02. The summed E-state index contributed by atoms with van der Waals surface area (Å²) in [5, 5.41) is 7.31. The Morgan fingerprint density at radius 3 is 2.81 bits per heavy atom. The summed E-state index contributed by atoms with van der Waals surface area (Å²) in [5.74, 6) is 1.66. The molecule has 0 atom stereocenters. The van der Waals surface area contributed by atoms with Crippen molar-refractivity contribution in [2.24, 2.45) is 0 Å². The lowest BCUT2D eigenvalue weighted by Crippen LogP contribution is -2.24. The Kier molecular flexibility index (Phi) is 6.52. The zero-order valence-corrected chi connectivity index (χ0v) is 16.0. The molecule has 0 bridgehead atoms. The van der Waals surface area contributed by atoms with Gasteiger partial charge in [0.25, 0.3) is 5.91 Å². The van der Waals surface area contributed by atoms with Gasteiger partial charge in [0.05, 0.1) is 19.3 Å². The lowest BCUT2D eigenvalue weighted by Gasteiger charge is -2.23. The molecule has 2 aromatic rings. The van der Waals surface area contributed by atoms with Crippen LogP contribution in [-0.4, -0.2) is 29.4 Å². The second kappa shape index (κ2) is 9.26. The van der Waals surface area contributed by atoms with Crippen molar-refractivity contribution in [3.05, 3.63) is 42.1 Å². The van der Waals surface area contributed by atoms with Crippen molar-refractivity contribution in [1.82, 2.24) is 9.78 Å². The number of benzene rings is 1. The van der Waals surface area contributed by atoms with E-state index in [1.807, 2.05) is 48.0 Å². The van der Waals surface area contributed by atoms with Crippen molar-refractivity contribution in [2.75, 3.05) is 19.0 Å². The molecule has 0 radical (unpaired) electrons. The van der Waals surface area contributed by atoms with Crippen LogP contribution in [0.25, 0.3) is 6.08 Å². The van der Waals surface area contributed by atoms with Crippen molar-refractivity contribution >= 4 is 17.8 Å². The quantitative estimate of drug-likeness (QED) is 0.783. The number of methoxy groups -OCH3 is 1. The predicted octanol–water partition coefficient (Wildman–Crippen LogP) is 4.45. The van der Waals surface area contributed by atoms with E-state index in [4.69, 9.17) is 9.47 Å². The van der Waals surface area contributed by atoms with Crippen LogP contribution in [0.3, 0.4) is 0 Å². The van der Waals surface area contributed by atoms with Crippen molar-refractivity contribution in [3.8, 4) is 11.5 Å². The first-order valence-corrected chi connectivity index (χ1v) is 9.48. The van der Waals surface area contributed by atoms with E-state index < -0.39 is 0 Å². The van der Waals surface area contributed by atoms with Crippen LogP contribution in [0.4, 0.5) is 5.82 Å². The Morgan fingerprint density at radius 1 is 1.26 bits per heavy atom. The van der Waals surface area contributed by atoms with Gasteiger partial charge in [-0.05, 0) is 37.5 Å². The van der Waals surface area contributed by atoms with Crippen LogP contribution in [0.5, 0.6) is 11.5 Å². The minimum Gasteiger partial charge on any atom is -0.493 e. The molecule has 144 valence electrons. The third-order valence-corrected chi connectivity index (χ3v) is 4.76. The summed E-state index contributed by atoms with van der Waals surface area (Å²) in [6.07, 6.45) is 11.6. The summed E-state index contributed by atoms with van der Waals surface area (Å²) < 4.78 is 13.0. The Bertz CT molecular complexity index is 792. The minimum absolute atomic E-state index is 0.0881. The highest BCUT2D eigenvalue weighted by Gasteiger charge is 2.19. The predicted molar refractivity (Wildman–Crippen MR) is 106 cm³/mol. The number of anilines is 1. The van der Waals surface area contributed by atoms with Crippen LogP contribution < -0.4 is 14.8 Å². The fraction of sp³-hybridized carbons (Fsp3) is 0.429. The summed E-state index contributed by atoms with van der Waals surface area (Å²) >= 11 is 0. The second-order valence-corrected chi connectivity index (χ2v) is 6.70. The molecule has 27 heavy (non-hydrogen) atoms. The molecule has 0 aliphatic heterocycles. The molecular formula is C21H27N3O3. The fourth-order valence-corrected chi connectivity index (χ4v) is 3.45. The SMILES string of the molecule is C/C=C/c1ccc(OCC(=O)Nc2ccnn2C2CCCCC2)c(OC)c1. The van der Waals surface area contributed by atoms with E-state index in [2.05, 4.69) is 10.4 Å². The molecule has 1 fully saturated rings. The van der Waals surface area contributed by atoms with Gasteiger partial charge >= 0.3 is 0 Å². The summed E-state index contributed by atoms with van der Waals surface area (Å²) in [4.78, 5) is 12.4. The molecule has 1 aliphatic carbocycles. The number of carbonyl (C=O) groups is 1. The van der Waals surface area contributed by atoms with Crippen LogP contribution in [0, 0.1) is 0 Å². The average Bonchev–Trinajstić information content (AvgIpc) is 3.15. The molecule has 1 aromatic carbocycles. The number of nitrogens with zero attached hydrogens (tertiary/aromatic N) is 2. The molecule has 6 nitrogen and oxygen atoms in total. The topological polar surface area (TPSA) is 65.4 Å². The monoisotopic (exact) mass is 369 g/mol. The number of hydrogen-bond acceptors (Lipinski definition) is 4. The van der Waals surface area contributed by atoms with Gasteiger partial charge < -0.3 is 14.8 Å². The van der Waals surface area contributed by atoms with E-state index in [1.165, 1.54) is 19.3 Å². The van der Waals surface area contributed by atoms with Gasteiger partial charge in [0.1, 0.15) is 5.82 Å². The molecule has 1 heterocycles. The zero-order valence-electron chi connectivity index (χ0n) is 16.0. The normalized spacial score (nSPS) is 15.0. The van der Waals surface area contributed by atoms with Gasteiger partial charge in [-0.3, -0.25) is 4.79 Å². The number of aromatic nitrogens is 2. The highest BCUT2D eigenvalue weighted by molar-refractivity contribution is 5.91. The maximum atomic E-state index is 12.4. The van der Waals surface area contributed by atoms with Crippen molar-refractivity contribution < 1.29 is 14.3 Å². The average molecular weight is 369 g/mol. The lowest BCUT2D eigenvalue weighted by molar-refractivity contribution is -0.118. The maximum Gasteiger partial charge on any atom is 0.263 e. The smallest absolute Gasteiger partial charge is 0.263 e. The molecule has 1 saturated carbocycles. The molecule has 0 saturated heterocycles. The van der Waals surface area contributed by atoms with Crippen LogP contribution in [0.2, 0.25) is 0 Å². The minimum atomic E-state index is -0.216. The van der Waals surface area contributed by atoms with Gasteiger partial charge in [-0.25, -0.2) is 4.68 Å². The van der Waals surface area contributed by atoms with E-state index in [0.717, 1.165) is 24.2 Å². The molecule has 0 unspecified atom stereocenters. The lowest BCUT2D eigenvalue weighted by atomic mass is 9.96. The van der Waals surface area contributed by atoms with Crippen LogP contribution in [0.1, 0.15) is 50.6 Å². The van der Waals surface area contributed by atoms with E-state index in [9.17, 15) is 4.79 Å². The van der Waals surface area contributed by atoms with E-state index in [-0.39, 0.29) is 12.5 Å². The molecule has 1 N–H and O–H groups in total. The van der Waals surface area contributed by atoms with Crippen molar-refractivity contribution in [1.29, 1.82) is 0 Å². The maximum absolute atomic E-state index is 12.4. The first-order valence-electron chi connectivity index (χ1n) is 9.48. The highest BCUT2D eigenvalue weighted by atomic mass is 16.5. The molecule has 3 rings (SSSR count). The van der Waals surface area contributed by atoms with E-state index in [1.54, 1.807) is 13.3 Å². The van der Waals surface area contributed by atoms with Gasteiger partial charge in [0.15, 0.2) is 18.1 Å². The summed E-state index contributed by atoms with van der Waals surface area (Å²) in [6.45, 7) is 1.87. The van der Waals surface area contributed by atoms with Gasteiger partial charge in [0, 0.05) is 6.07 Å². The molecule has 1 aromatic heterocycles. The van der Waals surface area contributed by atoms with Crippen LogP contribution in [-0.2, 0) is 4.79 Å². The first kappa shape index (κ1) is 19.0. The summed E-state index contributed by atoms with van der Waals surface area (Å²) in [6, 6.07) is 7.82. The van der Waals surface area contributed by atoms with Crippen LogP contribution in [0.15, 0.2) is 36.5 Å².